The highest BCUT2D eigenvalue weighted by Gasteiger charge is 2.13. The molecule has 3 rings (SSSR count). The quantitative estimate of drug-likeness (QED) is 0.175. The van der Waals surface area contributed by atoms with Crippen LogP contribution in [0.2, 0.25) is 0 Å². The van der Waals surface area contributed by atoms with Crippen LogP contribution in [0.3, 0.4) is 0 Å². The predicted molar refractivity (Wildman–Crippen MR) is 130 cm³/mol. The first-order valence-electron chi connectivity index (χ1n) is 11.7. The molecule has 0 unspecified atom stereocenters. The number of fused-ring (bicyclic) bond motifs is 1. The number of carbonyl (C=O) groups excluding carboxylic acids is 2. The van der Waals surface area contributed by atoms with Gasteiger partial charge in [-0.25, -0.2) is 9.59 Å². The Labute approximate surface area is 199 Å². The van der Waals surface area contributed by atoms with Crippen LogP contribution < -0.4 is 15.7 Å². The number of aryl methyl sites for hydroxylation is 1. The molecule has 0 aliphatic heterocycles. The molecule has 3 aromatic rings. The normalized spacial score (nSPS) is 10.8. The summed E-state index contributed by atoms with van der Waals surface area (Å²) in [5.74, 6) is 0.00220. The zero-order chi connectivity index (χ0) is 24.3. The van der Waals surface area contributed by atoms with Gasteiger partial charge in [-0.15, -0.1) is 0 Å². The van der Waals surface area contributed by atoms with E-state index in [1.165, 1.54) is 0 Å². The molecule has 0 saturated carbocycles. The van der Waals surface area contributed by atoms with Crippen LogP contribution in [-0.4, -0.2) is 18.6 Å². The summed E-state index contributed by atoms with van der Waals surface area (Å²) in [6.07, 6.45) is 3.47. The van der Waals surface area contributed by atoms with Gasteiger partial charge in [0.25, 0.3) is 0 Å². The van der Waals surface area contributed by atoms with Gasteiger partial charge in [-0.3, -0.25) is 4.79 Å². The molecule has 0 aliphatic rings. The van der Waals surface area contributed by atoms with Crippen LogP contribution >= 0.6 is 0 Å². The minimum atomic E-state index is -0.455. The molecular formula is C27H31NO6. The number of rotatable bonds is 11. The first-order valence-corrected chi connectivity index (χ1v) is 11.7. The monoisotopic (exact) mass is 465 g/mol. The van der Waals surface area contributed by atoms with Crippen molar-refractivity contribution in [1.82, 2.24) is 5.32 Å². The zero-order valence-electron chi connectivity index (χ0n) is 19.7. The van der Waals surface area contributed by atoms with Crippen LogP contribution in [0.25, 0.3) is 11.0 Å². The molecule has 2 aromatic carbocycles. The van der Waals surface area contributed by atoms with Gasteiger partial charge in [0.2, 0.25) is 0 Å². The Kier molecular flexibility index (Phi) is 9.26. The van der Waals surface area contributed by atoms with Gasteiger partial charge in [0.1, 0.15) is 17.9 Å². The van der Waals surface area contributed by atoms with Crippen molar-refractivity contribution in [3.63, 3.8) is 0 Å². The zero-order valence-corrected chi connectivity index (χ0v) is 19.7. The maximum absolute atomic E-state index is 12.2. The van der Waals surface area contributed by atoms with Crippen LogP contribution in [0, 0.1) is 6.92 Å². The van der Waals surface area contributed by atoms with E-state index in [4.69, 9.17) is 13.9 Å². The number of benzene rings is 2. The van der Waals surface area contributed by atoms with Crippen LogP contribution in [-0.2, 0) is 22.6 Å². The highest BCUT2D eigenvalue weighted by atomic mass is 16.5. The first kappa shape index (κ1) is 25.0. The maximum atomic E-state index is 12.2. The summed E-state index contributed by atoms with van der Waals surface area (Å²) in [6, 6.07) is 14.6. The van der Waals surface area contributed by atoms with Crippen LogP contribution in [0.5, 0.6) is 5.75 Å². The fraction of sp³-hybridized carbons (Fsp3) is 0.370. The number of alkyl carbamates (subject to hydrolysis) is 1. The summed E-state index contributed by atoms with van der Waals surface area (Å²) in [5.41, 5.74) is 2.61. The molecule has 0 fully saturated rings. The van der Waals surface area contributed by atoms with E-state index >= 15 is 0 Å². The predicted octanol–water partition coefficient (Wildman–Crippen LogP) is 5.45. The summed E-state index contributed by atoms with van der Waals surface area (Å²) < 4.78 is 16.0. The number of nitrogens with one attached hydrogen (secondary N) is 1. The third-order valence-electron chi connectivity index (χ3n) is 5.53. The molecule has 1 N–H and O–H groups in total. The number of carbonyl (C=O) groups is 2. The van der Waals surface area contributed by atoms with Gasteiger partial charge in [-0.05, 0) is 49.4 Å². The van der Waals surface area contributed by atoms with E-state index in [0.717, 1.165) is 35.8 Å². The van der Waals surface area contributed by atoms with E-state index in [9.17, 15) is 14.4 Å². The van der Waals surface area contributed by atoms with Crippen molar-refractivity contribution in [3.05, 3.63) is 75.6 Å². The molecular weight excluding hydrogens is 434 g/mol. The molecule has 0 radical (unpaired) electrons. The van der Waals surface area contributed by atoms with Gasteiger partial charge in [-0.1, -0.05) is 50.1 Å². The van der Waals surface area contributed by atoms with Crippen LogP contribution in [0.4, 0.5) is 4.79 Å². The lowest BCUT2D eigenvalue weighted by Gasteiger charge is -2.09. The second-order valence-corrected chi connectivity index (χ2v) is 8.17. The Morgan fingerprint density at radius 2 is 1.82 bits per heavy atom. The number of esters is 1. The fourth-order valence-electron chi connectivity index (χ4n) is 3.70. The van der Waals surface area contributed by atoms with Crippen molar-refractivity contribution in [1.29, 1.82) is 0 Å². The standard InChI is InChI=1S/C27H31NO6/c1-3-10-23-19(2)22-15-14-21(17-24(22)34-26(23)30)33-25(29)13-8-5-9-16-28-27(31)32-18-20-11-6-4-7-12-20/h4,6-7,11-12,14-15,17H,3,5,8-10,13,16,18H2,1-2H3,(H,28,31). The largest absolute Gasteiger partial charge is 0.445 e. The number of amides is 1. The summed E-state index contributed by atoms with van der Waals surface area (Å²) in [4.78, 5) is 36.1. The molecule has 1 amide bonds. The second-order valence-electron chi connectivity index (χ2n) is 8.17. The van der Waals surface area contributed by atoms with Gasteiger partial charge < -0.3 is 19.2 Å². The van der Waals surface area contributed by atoms with Crippen LogP contribution in [0.15, 0.2) is 57.7 Å². The summed E-state index contributed by atoms with van der Waals surface area (Å²) >= 11 is 0. The van der Waals surface area contributed by atoms with E-state index in [-0.39, 0.29) is 24.6 Å². The van der Waals surface area contributed by atoms with Crippen molar-refractivity contribution in [2.24, 2.45) is 0 Å². The van der Waals surface area contributed by atoms with E-state index in [1.54, 1.807) is 12.1 Å². The lowest BCUT2D eigenvalue weighted by atomic mass is 10.0. The Morgan fingerprint density at radius 1 is 1.03 bits per heavy atom. The number of unbranched alkanes of at least 4 members (excludes halogenated alkanes) is 2. The van der Waals surface area contributed by atoms with Crippen molar-refractivity contribution in [3.8, 4) is 5.75 Å². The molecule has 0 atom stereocenters. The highest BCUT2D eigenvalue weighted by molar-refractivity contribution is 5.83. The molecule has 0 bridgehead atoms. The van der Waals surface area contributed by atoms with Gasteiger partial charge >= 0.3 is 17.7 Å². The maximum Gasteiger partial charge on any atom is 0.407 e. The third kappa shape index (κ3) is 7.20. The van der Waals surface area contributed by atoms with E-state index < -0.39 is 6.09 Å². The summed E-state index contributed by atoms with van der Waals surface area (Å²) in [6.45, 7) is 4.64. The van der Waals surface area contributed by atoms with E-state index in [0.29, 0.717) is 36.3 Å². The molecule has 1 aromatic heterocycles. The van der Waals surface area contributed by atoms with Gasteiger partial charge in [0.05, 0.1) is 0 Å². The Balaban J connectivity index is 1.36. The minimum Gasteiger partial charge on any atom is -0.445 e. The highest BCUT2D eigenvalue weighted by Crippen LogP contribution is 2.25. The summed E-state index contributed by atoms with van der Waals surface area (Å²) in [5, 5.41) is 3.55. The number of hydrogen-bond donors (Lipinski definition) is 1. The molecule has 0 aliphatic carbocycles. The average molecular weight is 466 g/mol. The van der Waals surface area contributed by atoms with E-state index in [2.05, 4.69) is 5.32 Å². The average Bonchev–Trinajstić information content (AvgIpc) is 2.83. The third-order valence-corrected chi connectivity index (χ3v) is 5.53. The van der Waals surface area contributed by atoms with E-state index in [1.807, 2.05) is 50.2 Å². The molecule has 0 saturated heterocycles. The van der Waals surface area contributed by atoms with Crippen molar-refractivity contribution < 1.29 is 23.5 Å². The van der Waals surface area contributed by atoms with Crippen molar-refractivity contribution in [2.75, 3.05) is 6.54 Å². The molecule has 34 heavy (non-hydrogen) atoms. The molecule has 1 heterocycles. The van der Waals surface area contributed by atoms with Crippen LogP contribution in [0.1, 0.15) is 55.7 Å². The summed E-state index contributed by atoms with van der Waals surface area (Å²) in [7, 11) is 0. The smallest absolute Gasteiger partial charge is 0.407 e. The Morgan fingerprint density at radius 3 is 2.59 bits per heavy atom. The van der Waals surface area contributed by atoms with Crippen molar-refractivity contribution >= 4 is 23.0 Å². The van der Waals surface area contributed by atoms with Gasteiger partial charge in [-0.2, -0.15) is 0 Å². The molecule has 7 heteroatoms. The first-order chi connectivity index (χ1) is 16.5. The Hall–Kier alpha value is -3.61. The molecule has 7 nitrogen and oxygen atoms in total. The minimum absolute atomic E-state index is 0.232. The van der Waals surface area contributed by atoms with Gasteiger partial charge in [0, 0.05) is 30.0 Å². The SMILES string of the molecule is CCCc1c(C)c2ccc(OC(=O)CCCCCNC(=O)OCc3ccccc3)cc2oc1=O. The number of hydrogen-bond acceptors (Lipinski definition) is 6. The van der Waals surface area contributed by atoms with Gasteiger partial charge in [0.15, 0.2) is 0 Å². The fourth-order valence-corrected chi connectivity index (χ4v) is 3.70. The lowest BCUT2D eigenvalue weighted by molar-refractivity contribution is -0.134. The molecule has 0 spiro atoms. The molecule has 180 valence electrons. The Bertz CT molecular complexity index is 1170. The lowest BCUT2D eigenvalue weighted by Crippen LogP contribution is -2.25. The van der Waals surface area contributed by atoms with Crippen molar-refractivity contribution in [2.45, 2.75) is 59.0 Å². The topological polar surface area (TPSA) is 94.8 Å². The second kappa shape index (κ2) is 12.6. The number of ether oxygens (including phenoxy) is 2.